The maximum absolute atomic E-state index is 6.90. The third kappa shape index (κ3) is 0.855. The Hall–Kier alpha value is -1.12. The van der Waals surface area contributed by atoms with E-state index in [1.807, 2.05) is 0 Å². The van der Waals surface area contributed by atoms with E-state index in [2.05, 4.69) is 9.97 Å². The van der Waals surface area contributed by atoms with Gasteiger partial charge in [-0.25, -0.2) is 9.97 Å². The van der Waals surface area contributed by atoms with Crippen molar-refractivity contribution in [2.75, 3.05) is 5.73 Å². The molecule has 0 aliphatic heterocycles. The Bertz CT molecular complexity index is 171. The van der Waals surface area contributed by atoms with Gasteiger partial charge in [-0.05, 0) is 6.07 Å². The molecule has 0 atom stereocenters. The first-order valence-corrected chi connectivity index (χ1v) is 1.83. The van der Waals surface area contributed by atoms with Gasteiger partial charge < -0.3 is 5.73 Å². The number of nitrogens with two attached hydrogens (primary N) is 1. The topological polar surface area (TPSA) is 51.8 Å². The van der Waals surface area contributed by atoms with Crippen LogP contribution in [0.5, 0.6) is 0 Å². The minimum atomic E-state index is 0.150. The van der Waals surface area contributed by atoms with Crippen molar-refractivity contribution in [2.45, 2.75) is 0 Å². The van der Waals surface area contributed by atoms with E-state index in [1.165, 1.54) is 12.4 Å². The van der Waals surface area contributed by atoms with E-state index in [1.54, 1.807) is 0 Å². The van der Waals surface area contributed by atoms with Crippen LogP contribution in [0, 0.1) is 0 Å². The van der Waals surface area contributed by atoms with Crippen LogP contribution in [0.1, 0.15) is 1.37 Å². The lowest BCUT2D eigenvalue weighted by Gasteiger charge is -1.82. The summed E-state index contributed by atoms with van der Waals surface area (Å²) in [6, 6.07) is 1.39. The highest BCUT2D eigenvalue weighted by Crippen LogP contribution is 1.85. The van der Waals surface area contributed by atoms with Crippen LogP contribution in [0.4, 0.5) is 5.82 Å². The quantitative estimate of drug-likeness (QED) is 0.496. The Labute approximate surface area is 42.6 Å². The molecule has 0 unspecified atom stereocenters. The highest BCUT2D eigenvalue weighted by Gasteiger charge is 1.74. The van der Waals surface area contributed by atoms with Gasteiger partial charge in [-0.2, -0.15) is 0 Å². The van der Waals surface area contributed by atoms with E-state index < -0.39 is 0 Å². The number of nitrogens with zero attached hydrogens (tertiary/aromatic N) is 2. The van der Waals surface area contributed by atoms with E-state index in [9.17, 15) is 0 Å². The van der Waals surface area contributed by atoms with Crippen molar-refractivity contribution in [1.82, 2.24) is 9.97 Å². The zero-order valence-electron chi connectivity index (χ0n) is 4.63. The first-order chi connectivity index (χ1) is 3.79. The van der Waals surface area contributed by atoms with E-state index in [0.717, 1.165) is 0 Å². The third-order valence-corrected chi connectivity index (χ3v) is 0.552. The van der Waals surface area contributed by atoms with E-state index in [-0.39, 0.29) is 6.17 Å². The van der Waals surface area contributed by atoms with Crippen LogP contribution >= 0.6 is 0 Å². The van der Waals surface area contributed by atoms with E-state index >= 15 is 0 Å². The van der Waals surface area contributed by atoms with Crippen molar-refractivity contribution in [3.8, 4) is 0 Å². The Morgan fingerprint density at radius 2 is 2.71 bits per heavy atom. The minimum absolute atomic E-state index is 0.150. The Morgan fingerprint density at radius 1 is 1.86 bits per heavy atom. The van der Waals surface area contributed by atoms with Crippen LogP contribution < -0.4 is 5.73 Å². The van der Waals surface area contributed by atoms with E-state index in [0.29, 0.717) is 5.82 Å². The van der Waals surface area contributed by atoms with Crippen LogP contribution in [0.25, 0.3) is 0 Å². The van der Waals surface area contributed by atoms with Gasteiger partial charge in [-0.15, -0.1) is 0 Å². The Morgan fingerprint density at radius 3 is 3.14 bits per heavy atom. The van der Waals surface area contributed by atoms with Crippen molar-refractivity contribution in [2.24, 2.45) is 0 Å². The van der Waals surface area contributed by atoms with Gasteiger partial charge in [0.25, 0.3) is 0 Å². The molecule has 7 heavy (non-hydrogen) atoms. The predicted molar refractivity (Wildman–Crippen MR) is 26.4 cm³/mol. The minimum Gasteiger partial charge on any atom is -0.384 e. The largest absolute Gasteiger partial charge is 0.384 e. The van der Waals surface area contributed by atoms with Gasteiger partial charge in [0.05, 0.1) is 1.37 Å². The van der Waals surface area contributed by atoms with Crippen LogP contribution in [0.2, 0.25) is 0 Å². The summed E-state index contributed by atoms with van der Waals surface area (Å²) in [6.07, 6.45) is 1.41. The maximum Gasteiger partial charge on any atom is 0.126 e. The normalized spacial score (nSPS) is 10.6. The molecule has 0 fully saturated rings. The fourth-order valence-corrected chi connectivity index (χ4v) is 0.270. The highest BCUT2D eigenvalue weighted by atomic mass is 14.9. The second-order valence-electron chi connectivity index (χ2n) is 1.07. The predicted octanol–water partition coefficient (Wildman–Crippen LogP) is 0.0588. The van der Waals surface area contributed by atoms with Gasteiger partial charge >= 0.3 is 0 Å². The lowest BCUT2D eigenvalue weighted by Crippen LogP contribution is -1.87. The molecule has 0 radical (unpaired) electrons. The SMILES string of the molecule is [2H]c1cc(N)ncn1. The van der Waals surface area contributed by atoms with Crippen LogP contribution in [-0.2, 0) is 0 Å². The summed E-state index contributed by atoms with van der Waals surface area (Å²) >= 11 is 0. The first-order valence-electron chi connectivity index (χ1n) is 2.33. The number of anilines is 1. The molecule has 0 amide bonds. The molecular formula is C4H5N3. The molecule has 1 aromatic rings. The fourth-order valence-electron chi connectivity index (χ4n) is 0.270. The zero-order chi connectivity index (χ0) is 5.98. The highest BCUT2D eigenvalue weighted by molar-refractivity contribution is 5.22. The van der Waals surface area contributed by atoms with Crippen LogP contribution in [-0.4, -0.2) is 9.97 Å². The Kier molecular flexibility index (Phi) is 0.656. The van der Waals surface area contributed by atoms with Gasteiger partial charge in [-0.3, -0.25) is 0 Å². The number of hydrogen-bond donors (Lipinski definition) is 1. The molecule has 1 heterocycles. The molecule has 0 saturated carbocycles. The van der Waals surface area contributed by atoms with Crippen molar-refractivity contribution in [3.05, 3.63) is 18.6 Å². The average Bonchev–Trinajstić information content (AvgIpc) is 1.64. The molecule has 3 nitrogen and oxygen atoms in total. The third-order valence-electron chi connectivity index (χ3n) is 0.552. The lowest BCUT2D eigenvalue weighted by molar-refractivity contribution is 1.18. The fraction of sp³-hybridized carbons (Fsp3) is 0. The van der Waals surface area contributed by atoms with Gasteiger partial charge in [0.1, 0.15) is 12.1 Å². The number of hydrogen-bond acceptors (Lipinski definition) is 3. The summed E-state index contributed by atoms with van der Waals surface area (Å²) in [5, 5.41) is 0. The summed E-state index contributed by atoms with van der Waals surface area (Å²) < 4.78 is 6.90. The molecule has 3 heteroatoms. The number of nitrogen functional groups attached to an aromatic ring is 1. The van der Waals surface area contributed by atoms with Crippen molar-refractivity contribution in [3.63, 3.8) is 0 Å². The van der Waals surface area contributed by atoms with Gasteiger partial charge in [0, 0.05) is 6.17 Å². The molecular weight excluding hydrogens is 90.1 g/mol. The van der Waals surface area contributed by atoms with Crippen molar-refractivity contribution < 1.29 is 1.37 Å². The van der Waals surface area contributed by atoms with Gasteiger partial charge in [0.15, 0.2) is 0 Å². The molecule has 0 aromatic carbocycles. The molecule has 0 aliphatic carbocycles. The van der Waals surface area contributed by atoms with Crippen molar-refractivity contribution >= 4 is 5.82 Å². The van der Waals surface area contributed by atoms with Crippen LogP contribution in [0.3, 0.4) is 0 Å². The summed E-state index contributed by atoms with van der Waals surface area (Å²) in [5.74, 6) is 0.338. The van der Waals surface area contributed by atoms with Gasteiger partial charge in [0.2, 0.25) is 0 Å². The summed E-state index contributed by atoms with van der Waals surface area (Å²) in [4.78, 5) is 7.10. The van der Waals surface area contributed by atoms with Crippen LogP contribution in [0.15, 0.2) is 18.6 Å². The molecule has 1 aromatic heterocycles. The van der Waals surface area contributed by atoms with Gasteiger partial charge in [-0.1, -0.05) is 0 Å². The maximum atomic E-state index is 6.90. The van der Waals surface area contributed by atoms with Crippen molar-refractivity contribution in [1.29, 1.82) is 0 Å². The van der Waals surface area contributed by atoms with E-state index in [4.69, 9.17) is 7.10 Å². The molecule has 0 bridgehead atoms. The molecule has 36 valence electrons. The average molecular weight is 96.1 g/mol. The standard InChI is InChI=1S/C4H5N3/c5-4-1-2-6-3-7-4/h1-3H,(H2,5,6,7)/i2D. The first kappa shape index (κ1) is 2.96. The number of rotatable bonds is 0. The Balaban J connectivity index is 3.08. The molecule has 2 N–H and O–H groups in total. The monoisotopic (exact) mass is 96.1 g/mol. The summed E-state index contributed by atoms with van der Waals surface area (Å²) in [6.45, 7) is 0. The lowest BCUT2D eigenvalue weighted by atomic mass is 10.6. The molecule has 0 aliphatic rings. The smallest absolute Gasteiger partial charge is 0.126 e. The zero-order valence-corrected chi connectivity index (χ0v) is 3.63. The molecule has 1 rings (SSSR count). The molecule has 0 saturated heterocycles. The second-order valence-corrected chi connectivity index (χ2v) is 1.07. The summed E-state index contributed by atoms with van der Waals surface area (Å²) in [7, 11) is 0. The summed E-state index contributed by atoms with van der Waals surface area (Å²) in [5.41, 5.74) is 5.19. The number of aromatic nitrogens is 2. The second kappa shape index (κ2) is 1.55. The molecule has 0 spiro atoms.